The second-order valence-electron chi connectivity index (χ2n) is 7.44. The van der Waals surface area contributed by atoms with E-state index in [9.17, 15) is 9.59 Å². The lowest BCUT2D eigenvalue weighted by Crippen LogP contribution is -2.36. The summed E-state index contributed by atoms with van der Waals surface area (Å²) < 4.78 is 11.0. The van der Waals surface area contributed by atoms with Crippen molar-refractivity contribution in [2.24, 2.45) is 0 Å². The van der Waals surface area contributed by atoms with Gasteiger partial charge in [-0.05, 0) is 29.8 Å². The molecule has 0 aliphatic heterocycles. The lowest BCUT2D eigenvalue weighted by Gasteiger charge is -2.23. The molecule has 172 valence electrons. The van der Waals surface area contributed by atoms with E-state index in [1.165, 1.54) is 0 Å². The number of likely N-dealkylation sites (N-methyl/N-ethyl adjacent to an activating group) is 1. The van der Waals surface area contributed by atoms with Crippen molar-refractivity contribution in [3.63, 3.8) is 0 Å². The van der Waals surface area contributed by atoms with Crippen LogP contribution in [0.25, 0.3) is 0 Å². The summed E-state index contributed by atoms with van der Waals surface area (Å²) in [6.45, 7) is 0.696. The average Bonchev–Trinajstić information content (AvgIpc) is 2.84. The lowest BCUT2D eigenvalue weighted by atomic mass is 10.0. The molecule has 1 atom stereocenters. The zero-order valence-corrected chi connectivity index (χ0v) is 19.4. The Morgan fingerprint density at radius 1 is 0.939 bits per heavy atom. The zero-order chi connectivity index (χ0) is 23.6. The normalized spacial score (nSPS) is 11.4. The van der Waals surface area contributed by atoms with Crippen molar-refractivity contribution in [1.29, 1.82) is 0 Å². The van der Waals surface area contributed by atoms with Crippen LogP contribution in [0.5, 0.6) is 11.5 Å². The van der Waals surface area contributed by atoms with Crippen LogP contribution in [-0.2, 0) is 4.79 Å². The van der Waals surface area contributed by atoms with Gasteiger partial charge >= 0.3 is 0 Å². The Bertz CT molecular complexity index is 1070. The van der Waals surface area contributed by atoms with Crippen molar-refractivity contribution >= 4 is 23.4 Å². The molecule has 0 aromatic heterocycles. The highest BCUT2D eigenvalue weighted by Crippen LogP contribution is 2.26. The Morgan fingerprint density at radius 3 is 2.27 bits per heavy atom. The molecule has 0 radical (unpaired) electrons. The molecule has 0 aliphatic rings. The Morgan fingerprint density at radius 2 is 1.58 bits per heavy atom. The second kappa shape index (κ2) is 11.9. The van der Waals surface area contributed by atoms with Crippen LogP contribution in [0, 0.1) is 0 Å². The summed E-state index contributed by atoms with van der Waals surface area (Å²) >= 11 is 6.18. The maximum absolute atomic E-state index is 12.9. The summed E-state index contributed by atoms with van der Waals surface area (Å²) in [5.41, 5.74) is 1.20. The van der Waals surface area contributed by atoms with Crippen LogP contribution in [0.2, 0.25) is 5.02 Å². The summed E-state index contributed by atoms with van der Waals surface area (Å²) in [5, 5.41) is 3.31. The van der Waals surface area contributed by atoms with Crippen LogP contribution in [0.1, 0.15) is 28.4 Å². The number of nitrogens with zero attached hydrogens (tertiary/aromatic N) is 1. The zero-order valence-electron chi connectivity index (χ0n) is 18.7. The fourth-order valence-corrected chi connectivity index (χ4v) is 3.53. The maximum Gasteiger partial charge on any atom is 0.253 e. The topological polar surface area (TPSA) is 67.9 Å². The van der Waals surface area contributed by atoms with Crippen molar-refractivity contribution in [3.8, 4) is 11.5 Å². The van der Waals surface area contributed by atoms with Gasteiger partial charge in [-0.15, -0.1) is 0 Å². The van der Waals surface area contributed by atoms with Gasteiger partial charge in [0.1, 0.15) is 6.61 Å². The van der Waals surface area contributed by atoms with Crippen LogP contribution in [-0.4, -0.2) is 44.0 Å². The first-order valence-electron chi connectivity index (χ1n) is 10.6. The van der Waals surface area contributed by atoms with Crippen LogP contribution >= 0.6 is 11.6 Å². The van der Waals surface area contributed by atoms with E-state index in [0.29, 0.717) is 35.2 Å². The highest BCUT2D eigenvalue weighted by Gasteiger charge is 2.22. The number of methoxy groups -OCH3 is 1. The SMILES string of the molecule is COc1ccccc1OCCN(C)C(=O)CC(NC(=O)c1ccccc1Cl)c1ccccc1. The minimum atomic E-state index is -0.500. The molecular formula is C26H27ClN2O4. The molecule has 0 saturated heterocycles. The van der Waals surface area contributed by atoms with E-state index in [1.807, 2.05) is 54.6 Å². The van der Waals surface area contributed by atoms with Crippen LogP contribution < -0.4 is 14.8 Å². The fraction of sp³-hybridized carbons (Fsp3) is 0.231. The largest absolute Gasteiger partial charge is 0.493 e. The fourth-order valence-electron chi connectivity index (χ4n) is 3.30. The summed E-state index contributed by atoms with van der Waals surface area (Å²) in [4.78, 5) is 27.4. The first-order valence-corrected chi connectivity index (χ1v) is 11.0. The Labute approximate surface area is 199 Å². The van der Waals surface area contributed by atoms with Gasteiger partial charge < -0.3 is 19.7 Å². The summed E-state index contributed by atoms with van der Waals surface area (Å²) in [6, 6.07) is 23.1. The van der Waals surface area contributed by atoms with Gasteiger partial charge in [-0.25, -0.2) is 0 Å². The van der Waals surface area contributed by atoms with Crippen molar-refractivity contribution in [2.45, 2.75) is 12.5 Å². The van der Waals surface area contributed by atoms with Crippen LogP contribution in [0.15, 0.2) is 78.9 Å². The van der Waals surface area contributed by atoms with Gasteiger partial charge in [0.2, 0.25) is 5.91 Å². The first kappa shape index (κ1) is 24.1. The molecule has 2 amide bonds. The third kappa shape index (κ3) is 6.73. The van der Waals surface area contributed by atoms with E-state index < -0.39 is 6.04 Å². The Balaban J connectivity index is 1.63. The van der Waals surface area contributed by atoms with Gasteiger partial charge in [-0.3, -0.25) is 9.59 Å². The van der Waals surface area contributed by atoms with Crippen molar-refractivity contribution in [3.05, 3.63) is 95.0 Å². The second-order valence-corrected chi connectivity index (χ2v) is 7.84. The number of hydrogen-bond acceptors (Lipinski definition) is 4. The maximum atomic E-state index is 12.9. The number of para-hydroxylation sites is 2. The number of halogens is 1. The number of carbonyl (C=O) groups excluding carboxylic acids is 2. The number of benzene rings is 3. The highest BCUT2D eigenvalue weighted by atomic mass is 35.5. The molecule has 0 heterocycles. The third-order valence-electron chi connectivity index (χ3n) is 5.18. The minimum Gasteiger partial charge on any atom is -0.493 e. The van der Waals surface area contributed by atoms with Gasteiger partial charge in [0.05, 0.1) is 36.7 Å². The van der Waals surface area contributed by atoms with E-state index in [0.717, 1.165) is 5.56 Å². The number of rotatable bonds is 10. The van der Waals surface area contributed by atoms with Crippen molar-refractivity contribution in [2.75, 3.05) is 27.3 Å². The summed E-state index contributed by atoms with van der Waals surface area (Å²) in [6.07, 6.45) is 0.103. The monoisotopic (exact) mass is 466 g/mol. The summed E-state index contributed by atoms with van der Waals surface area (Å²) in [5.74, 6) is 0.810. The lowest BCUT2D eigenvalue weighted by molar-refractivity contribution is -0.130. The molecule has 3 aromatic rings. The molecule has 3 rings (SSSR count). The predicted molar refractivity (Wildman–Crippen MR) is 129 cm³/mol. The molecule has 0 saturated carbocycles. The van der Waals surface area contributed by atoms with E-state index in [1.54, 1.807) is 43.3 Å². The Hall–Kier alpha value is -3.51. The van der Waals surface area contributed by atoms with Gasteiger partial charge in [0.25, 0.3) is 5.91 Å². The molecule has 1 N–H and O–H groups in total. The Kier molecular flexibility index (Phi) is 8.72. The standard InChI is InChI=1S/C26H27ClN2O4/c1-29(16-17-33-24-15-9-8-14-23(24)32-2)25(30)18-22(19-10-4-3-5-11-19)28-26(31)20-12-6-7-13-21(20)27/h3-15,22H,16-18H2,1-2H3,(H,28,31). The van der Waals surface area contributed by atoms with Crippen molar-refractivity contribution in [1.82, 2.24) is 10.2 Å². The van der Waals surface area contributed by atoms with Gasteiger partial charge in [-0.1, -0.05) is 66.2 Å². The van der Waals surface area contributed by atoms with E-state index in [-0.39, 0.29) is 18.2 Å². The number of carbonyl (C=O) groups is 2. The van der Waals surface area contributed by atoms with Crippen molar-refractivity contribution < 1.29 is 19.1 Å². The molecule has 6 nitrogen and oxygen atoms in total. The number of hydrogen-bond donors (Lipinski definition) is 1. The molecule has 0 bridgehead atoms. The molecule has 3 aromatic carbocycles. The molecule has 1 unspecified atom stereocenters. The van der Waals surface area contributed by atoms with E-state index >= 15 is 0 Å². The van der Waals surface area contributed by atoms with E-state index in [2.05, 4.69) is 5.32 Å². The number of amides is 2. The smallest absolute Gasteiger partial charge is 0.253 e. The number of ether oxygens (including phenoxy) is 2. The predicted octanol–water partition coefficient (Wildman–Crippen LogP) is 4.75. The quantitative estimate of drug-likeness (QED) is 0.468. The minimum absolute atomic E-state index is 0.103. The molecule has 7 heteroatoms. The van der Waals surface area contributed by atoms with E-state index in [4.69, 9.17) is 21.1 Å². The molecule has 33 heavy (non-hydrogen) atoms. The molecule has 0 aliphatic carbocycles. The van der Waals surface area contributed by atoms with Gasteiger partial charge in [0, 0.05) is 7.05 Å². The molecule has 0 spiro atoms. The molecular weight excluding hydrogens is 440 g/mol. The van der Waals surface area contributed by atoms with Gasteiger partial charge in [-0.2, -0.15) is 0 Å². The highest BCUT2D eigenvalue weighted by molar-refractivity contribution is 6.33. The third-order valence-corrected chi connectivity index (χ3v) is 5.51. The van der Waals surface area contributed by atoms with Crippen LogP contribution in [0.3, 0.4) is 0 Å². The molecule has 0 fully saturated rings. The summed E-state index contributed by atoms with van der Waals surface area (Å²) in [7, 11) is 3.30. The van der Waals surface area contributed by atoms with Gasteiger partial charge in [0.15, 0.2) is 11.5 Å². The number of nitrogens with one attached hydrogen (secondary N) is 1. The first-order chi connectivity index (χ1) is 16.0. The average molecular weight is 467 g/mol. The van der Waals surface area contributed by atoms with Crippen LogP contribution in [0.4, 0.5) is 0 Å².